The summed E-state index contributed by atoms with van der Waals surface area (Å²) in [7, 11) is 0. The number of hydrogen-bond acceptors (Lipinski definition) is 7. The van der Waals surface area contributed by atoms with Crippen molar-refractivity contribution >= 4 is 22.9 Å². The Labute approximate surface area is 195 Å². The average Bonchev–Trinajstić information content (AvgIpc) is 3.35. The number of aromatic nitrogens is 6. The minimum absolute atomic E-state index is 0.216. The van der Waals surface area contributed by atoms with Crippen LogP contribution in [0.2, 0.25) is 0 Å². The molecular weight excluding hydrogens is 432 g/mol. The van der Waals surface area contributed by atoms with Crippen LogP contribution in [0, 0.1) is 12.3 Å². The molecule has 3 aromatic heterocycles. The van der Waals surface area contributed by atoms with Crippen molar-refractivity contribution in [1.29, 1.82) is 0 Å². The number of nitrogens with one attached hydrogen (secondary N) is 1. The van der Waals surface area contributed by atoms with Crippen molar-refractivity contribution in [2.45, 2.75) is 25.8 Å². The summed E-state index contributed by atoms with van der Waals surface area (Å²) in [5, 5.41) is 15.9. The van der Waals surface area contributed by atoms with E-state index >= 15 is 0 Å². The molecule has 1 saturated carbocycles. The van der Waals surface area contributed by atoms with E-state index in [-0.39, 0.29) is 5.91 Å². The number of nitrogens with zero attached hydrogens (tertiary/aromatic N) is 7. The van der Waals surface area contributed by atoms with Crippen LogP contribution in [0.1, 0.15) is 34.9 Å². The van der Waals surface area contributed by atoms with E-state index in [1.807, 2.05) is 41.8 Å². The third kappa shape index (κ3) is 3.17. The molecule has 2 aliphatic heterocycles. The molecule has 34 heavy (non-hydrogen) atoms. The maximum Gasteiger partial charge on any atom is 0.274 e. The van der Waals surface area contributed by atoms with Crippen LogP contribution in [0.5, 0.6) is 0 Å². The second kappa shape index (κ2) is 7.10. The fraction of sp³-hybridized carbons (Fsp3) is 0.375. The Morgan fingerprint density at radius 3 is 2.79 bits per heavy atom. The van der Waals surface area contributed by atoms with E-state index in [0.717, 1.165) is 61.6 Å². The molecule has 1 amide bonds. The van der Waals surface area contributed by atoms with Crippen LogP contribution in [0.3, 0.4) is 0 Å². The first kappa shape index (κ1) is 19.7. The van der Waals surface area contributed by atoms with E-state index in [0.29, 0.717) is 28.7 Å². The lowest BCUT2D eigenvalue weighted by Crippen LogP contribution is -2.66. The summed E-state index contributed by atoms with van der Waals surface area (Å²) in [6.07, 6.45) is 5.80. The van der Waals surface area contributed by atoms with Crippen LogP contribution in [0.15, 0.2) is 42.7 Å². The molecule has 2 saturated heterocycles. The van der Waals surface area contributed by atoms with Crippen LogP contribution >= 0.6 is 0 Å². The quantitative estimate of drug-likeness (QED) is 0.493. The van der Waals surface area contributed by atoms with Gasteiger partial charge in [0.2, 0.25) is 5.82 Å². The lowest BCUT2D eigenvalue weighted by atomic mass is 9.78. The number of amides is 1. The zero-order valence-corrected chi connectivity index (χ0v) is 18.8. The van der Waals surface area contributed by atoms with Gasteiger partial charge in [0.25, 0.3) is 5.91 Å². The van der Waals surface area contributed by atoms with Gasteiger partial charge in [0, 0.05) is 30.5 Å². The van der Waals surface area contributed by atoms with Gasteiger partial charge in [0.15, 0.2) is 0 Å². The van der Waals surface area contributed by atoms with E-state index in [2.05, 4.69) is 36.7 Å². The smallest absolute Gasteiger partial charge is 0.274 e. The number of anilines is 2. The zero-order valence-electron chi connectivity index (χ0n) is 18.8. The average molecular weight is 457 g/mol. The van der Waals surface area contributed by atoms with E-state index in [1.165, 1.54) is 0 Å². The van der Waals surface area contributed by atoms with Gasteiger partial charge in [0.05, 0.1) is 36.6 Å². The summed E-state index contributed by atoms with van der Waals surface area (Å²) in [5.74, 6) is 0.345. The van der Waals surface area contributed by atoms with Crippen LogP contribution in [-0.4, -0.2) is 61.8 Å². The Hall–Kier alpha value is -3.79. The number of benzene rings is 1. The maximum atomic E-state index is 13.3. The minimum Gasteiger partial charge on any atom is -0.380 e. The standard InChI is InChI=1S/C24H24N8O2/c1-15-2-3-16(22-27-29-32(28-22)17-4-5-17)8-19(15)26-23(33)20-9-25-21-7-6-18(10-31(20)21)30-11-24(12-30)13-34-14-24/h2-3,6-10,17H,4-5,11-14H2,1H3,(H,26,33). The summed E-state index contributed by atoms with van der Waals surface area (Å²) in [6.45, 7) is 5.62. The molecule has 0 unspecified atom stereocenters. The molecule has 1 N–H and O–H groups in total. The molecule has 5 heterocycles. The highest BCUT2D eigenvalue weighted by atomic mass is 16.5. The van der Waals surface area contributed by atoms with E-state index in [1.54, 1.807) is 11.0 Å². The maximum absolute atomic E-state index is 13.3. The molecular formula is C24H24N8O2. The molecule has 0 atom stereocenters. The van der Waals surface area contributed by atoms with Gasteiger partial charge in [-0.2, -0.15) is 4.80 Å². The number of tetrazole rings is 1. The number of rotatable bonds is 5. The molecule has 1 aliphatic carbocycles. The van der Waals surface area contributed by atoms with E-state index in [4.69, 9.17) is 4.74 Å². The molecule has 172 valence electrons. The normalized spacial score (nSPS) is 18.7. The van der Waals surface area contributed by atoms with Gasteiger partial charge in [0.1, 0.15) is 11.3 Å². The zero-order chi connectivity index (χ0) is 22.9. The van der Waals surface area contributed by atoms with Gasteiger partial charge in [-0.1, -0.05) is 12.1 Å². The molecule has 0 radical (unpaired) electrons. The predicted molar refractivity (Wildman–Crippen MR) is 125 cm³/mol. The molecule has 10 nitrogen and oxygen atoms in total. The molecule has 1 aromatic carbocycles. The number of imidazole rings is 1. The number of hydrogen-bond donors (Lipinski definition) is 1. The highest BCUT2D eigenvalue weighted by Crippen LogP contribution is 2.40. The number of ether oxygens (including phenoxy) is 1. The van der Waals surface area contributed by atoms with Gasteiger partial charge in [-0.3, -0.25) is 9.20 Å². The summed E-state index contributed by atoms with van der Waals surface area (Å²) < 4.78 is 7.24. The predicted octanol–water partition coefficient (Wildman–Crippen LogP) is 2.72. The van der Waals surface area contributed by atoms with Crippen molar-refractivity contribution in [3.8, 4) is 11.4 Å². The lowest BCUT2D eigenvalue weighted by Gasteiger charge is -2.55. The minimum atomic E-state index is -0.216. The number of fused-ring (bicyclic) bond motifs is 1. The van der Waals surface area contributed by atoms with Crippen molar-refractivity contribution < 1.29 is 9.53 Å². The molecule has 0 bridgehead atoms. The highest BCUT2D eigenvalue weighted by molar-refractivity contribution is 6.04. The van der Waals surface area contributed by atoms with Crippen LogP contribution < -0.4 is 10.2 Å². The lowest BCUT2D eigenvalue weighted by molar-refractivity contribution is -0.127. The Balaban J connectivity index is 1.14. The third-order valence-electron chi connectivity index (χ3n) is 7.00. The summed E-state index contributed by atoms with van der Waals surface area (Å²) in [4.78, 5) is 21.7. The van der Waals surface area contributed by atoms with Gasteiger partial charge in [-0.15, -0.1) is 10.2 Å². The second-order valence-corrected chi connectivity index (χ2v) is 9.76. The van der Waals surface area contributed by atoms with Crippen LogP contribution in [0.4, 0.5) is 11.4 Å². The van der Waals surface area contributed by atoms with Crippen LogP contribution in [0.25, 0.3) is 17.0 Å². The Kier molecular flexibility index (Phi) is 4.11. The topological polar surface area (TPSA) is 102 Å². The highest BCUT2D eigenvalue weighted by Gasteiger charge is 2.49. The number of carbonyl (C=O) groups is 1. The molecule has 7 rings (SSSR count). The number of pyridine rings is 1. The Bertz CT molecular complexity index is 1420. The fourth-order valence-electron chi connectivity index (χ4n) is 4.73. The van der Waals surface area contributed by atoms with E-state index < -0.39 is 0 Å². The Morgan fingerprint density at radius 2 is 2.03 bits per heavy atom. The van der Waals surface area contributed by atoms with Crippen molar-refractivity contribution in [3.63, 3.8) is 0 Å². The SMILES string of the molecule is Cc1ccc(-c2nnn(C3CC3)n2)cc1NC(=O)c1cnc2ccc(N3CC4(COC4)C3)cn12. The largest absolute Gasteiger partial charge is 0.380 e. The number of carbonyl (C=O) groups excluding carboxylic acids is 1. The fourth-order valence-corrected chi connectivity index (χ4v) is 4.73. The van der Waals surface area contributed by atoms with E-state index in [9.17, 15) is 4.79 Å². The van der Waals surface area contributed by atoms with Gasteiger partial charge in [-0.05, 0) is 48.7 Å². The molecule has 3 aliphatic rings. The molecule has 10 heteroatoms. The summed E-state index contributed by atoms with van der Waals surface area (Å²) in [5.41, 5.74) is 5.12. The number of aryl methyl sites for hydroxylation is 1. The van der Waals surface area contributed by atoms with Crippen molar-refractivity contribution in [2.75, 3.05) is 36.5 Å². The van der Waals surface area contributed by atoms with Crippen molar-refractivity contribution in [1.82, 2.24) is 29.6 Å². The third-order valence-corrected chi connectivity index (χ3v) is 7.00. The molecule has 3 fully saturated rings. The monoisotopic (exact) mass is 456 g/mol. The Morgan fingerprint density at radius 1 is 1.18 bits per heavy atom. The summed E-state index contributed by atoms with van der Waals surface area (Å²) in [6, 6.07) is 10.2. The first-order valence-electron chi connectivity index (χ1n) is 11.6. The second-order valence-electron chi connectivity index (χ2n) is 9.76. The van der Waals surface area contributed by atoms with Gasteiger partial charge in [-0.25, -0.2) is 4.98 Å². The first-order valence-corrected chi connectivity index (χ1v) is 11.6. The first-order chi connectivity index (χ1) is 16.6. The van der Waals surface area contributed by atoms with Crippen LogP contribution in [-0.2, 0) is 4.74 Å². The van der Waals surface area contributed by atoms with Crippen molar-refractivity contribution in [2.24, 2.45) is 5.41 Å². The van der Waals surface area contributed by atoms with Gasteiger partial charge >= 0.3 is 0 Å². The van der Waals surface area contributed by atoms with Crippen molar-refractivity contribution in [3.05, 3.63) is 54.0 Å². The summed E-state index contributed by atoms with van der Waals surface area (Å²) >= 11 is 0. The molecule has 4 aromatic rings. The van der Waals surface area contributed by atoms with Gasteiger partial charge < -0.3 is 15.0 Å². The molecule has 1 spiro atoms.